The van der Waals surface area contributed by atoms with Crippen LogP contribution in [0.5, 0.6) is 0 Å². The molecule has 1 amide bonds. The molecule has 2 aromatic carbocycles. The predicted octanol–water partition coefficient (Wildman–Crippen LogP) is 3.82. The number of ether oxygens (including phenoxy) is 1. The third-order valence-corrected chi connectivity index (χ3v) is 4.88. The summed E-state index contributed by atoms with van der Waals surface area (Å²) in [5.41, 5.74) is 0.841. The van der Waals surface area contributed by atoms with Gasteiger partial charge in [0.2, 0.25) is 5.91 Å². The number of aliphatic carboxylic acids is 1. The molecule has 26 heavy (non-hydrogen) atoms. The predicted molar refractivity (Wildman–Crippen MR) is 99.9 cm³/mol. The van der Waals surface area contributed by atoms with Gasteiger partial charge in [0.05, 0.1) is 18.6 Å². The molecule has 2 atom stereocenters. The highest BCUT2D eigenvalue weighted by molar-refractivity contribution is 5.87. The van der Waals surface area contributed by atoms with Gasteiger partial charge in [0.25, 0.3) is 0 Å². The summed E-state index contributed by atoms with van der Waals surface area (Å²) in [5, 5.41) is 14.2. The summed E-state index contributed by atoms with van der Waals surface area (Å²) in [6, 6.07) is 13.0. The zero-order chi connectivity index (χ0) is 18.4. The average molecular weight is 355 g/mol. The van der Waals surface area contributed by atoms with E-state index in [-0.39, 0.29) is 18.4 Å². The Morgan fingerprint density at radius 3 is 2.73 bits per heavy atom. The van der Waals surface area contributed by atoms with E-state index in [1.54, 1.807) is 0 Å². The van der Waals surface area contributed by atoms with E-state index < -0.39 is 12.0 Å². The summed E-state index contributed by atoms with van der Waals surface area (Å²) in [6.45, 7) is 0.768. The van der Waals surface area contributed by atoms with Crippen molar-refractivity contribution in [2.24, 2.45) is 0 Å². The van der Waals surface area contributed by atoms with E-state index in [0.29, 0.717) is 12.8 Å². The van der Waals surface area contributed by atoms with Gasteiger partial charge in [0.15, 0.2) is 0 Å². The molecule has 1 aliphatic heterocycles. The summed E-state index contributed by atoms with van der Waals surface area (Å²) in [5.74, 6) is -1.06. The van der Waals surface area contributed by atoms with Crippen LogP contribution in [-0.4, -0.2) is 29.7 Å². The minimum Gasteiger partial charge on any atom is -0.481 e. The lowest BCUT2D eigenvalue weighted by molar-refractivity contribution is -0.137. The van der Waals surface area contributed by atoms with Gasteiger partial charge >= 0.3 is 5.97 Å². The van der Waals surface area contributed by atoms with Crippen molar-refractivity contribution in [1.29, 1.82) is 0 Å². The number of nitrogens with one attached hydrogen (secondary N) is 1. The Bertz CT molecular complexity index is 762. The van der Waals surface area contributed by atoms with Gasteiger partial charge < -0.3 is 15.2 Å². The van der Waals surface area contributed by atoms with Crippen molar-refractivity contribution in [2.75, 3.05) is 6.61 Å². The molecule has 5 nitrogen and oxygen atoms in total. The lowest BCUT2D eigenvalue weighted by Gasteiger charge is -2.23. The molecule has 0 saturated carbocycles. The highest BCUT2D eigenvalue weighted by atomic mass is 16.5. The van der Waals surface area contributed by atoms with Crippen LogP contribution in [0.1, 0.15) is 50.1 Å². The number of carbonyl (C=O) groups is 2. The summed E-state index contributed by atoms with van der Waals surface area (Å²) < 4.78 is 5.67. The van der Waals surface area contributed by atoms with E-state index >= 15 is 0 Å². The SMILES string of the molecule is O=C(O)C[C@@H](NC(=O)CCC1CCCCO1)c1cccc2ccccc12. The van der Waals surface area contributed by atoms with Crippen LogP contribution in [0.3, 0.4) is 0 Å². The first-order chi connectivity index (χ1) is 12.6. The quantitative estimate of drug-likeness (QED) is 0.792. The third-order valence-electron chi connectivity index (χ3n) is 4.88. The van der Waals surface area contributed by atoms with Gasteiger partial charge in [0.1, 0.15) is 0 Å². The maximum Gasteiger partial charge on any atom is 0.305 e. The number of fused-ring (bicyclic) bond motifs is 1. The molecular weight excluding hydrogens is 330 g/mol. The number of hydrogen-bond acceptors (Lipinski definition) is 3. The molecule has 2 N–H and O–H groups in total. The number of rotatable bonds is 7. The van der Waals surface area contributed by atoms with Gasteiger partial charge in [-0.25, -0.2) is 0 Å². The fourth-order valence-corrected chi connectivity index (χ4v) is 3.56. The van der Waals surface area contributed by atoms with Crippen LogP contribution >= 0.6 is 0 Å². The zero-order valence-corrected chi connectivity index (χ0v) is 14.8. The molecule has 1 saturated heterocycles. The standard InChI is InChI=1S/C21H25NO4/c23-20(12-11-16-8-3-4-13-26-16)22-19(14-21(24)25)18-10-5-7-15-6-1-2-9-17(15)18/h1-2,5-7,9-10,16,19H,3-4,8,11-14H2,(H,22,23)(H,24,25)/t16?,19-/m1/s1. The van der Waals surface area contributed by atoms with Crippen LogP contribution < -0.4 is 5.32 Å². The average Bonchev–Trinajstić information content (AvgIpc) is 2.66. The normalized spacial score (nSPS) is 18.4. The van der Waals surface area contributed by atoms with Gasteiger partial charge in [-0.1, -0.05) is 42.5 Å². The number of carboxylic acids is 1. The van der Waals surface area contributed by atoms with Gasteiger partial charge in [-0.3, -0.25) is 9.59 Å². The lowest BCUT2D eigenvalue weighted by Crippen LogP contribution is -2.31. The second-order valence-electron chi connectivity index (χ2n) is 6.81. The Morgan fingerprint density at radius 1 is 1.15 bits per heavy atom. The fourth-order valence-electron chi connectivity index (χ4n) is 3.56. The molecule has 1 fully saturated rings. The number of benzene rings is 2. The van der Waals surface area contributed by atoms with Crippen molar-refractivity contribution in [3.8, 4) is 0 Å². The first kappa shape index (κ1) is 18.4. The molecule has 3 rings (SSSR count). The van der Waals surface area contributed by atoms with E-state index in [0.717, 1.165) is 42.2 Å². The van der Waals surface area contributed by atoms with Crippen LogP contribution in [0, 0.1) is 0 Å². The maximum absolute atomic E-state index is 12.4. The Morgan fingerprint density at radius 2 is 1.96 bits per heavy atom. The molecule has 0 aromatic heterocycles. The van der Waals surface area contributed by atoms with Gasteiger partial charge in [-0.15, -0.1) is 0 Å². The summed E-state index contributed by atoms with van der Waals surface area (Å²) in [7, 11) is 0. The molecule has 0 bridgehead atoms. The Kier molecular flexibility index (Phi) is 6.23. The van der Waals surface area contributed by atoms with Crippen LogP contribution in [0.2, 0.25) is 0 Å². The van der Waals surface area contributed by atoms with Gasteiger partial charge in [0, 0.05) is 13.0 Å². The van der Waals surface area contributed by atoms with E-state index in [2.05, 4.69) is 5.32 Å². The van der Waals surface area contributed by atoms with Crippen molar-refractivity contribution in [3.63, 3.8) is 0 Å². The maximum atomic E-state index is 12.4. The first-order valence-electron chi connectivity index (χ1n) is 9.24. The molecule has 0 aliphatic carbocycles. The summed E-state index contributed by atoms with van der Waals surface area (Å²) in [6.07, 6.45) is 4.26. The second-order valence-corrected chi connectivity index (χ2v) is 6.81. The van der Waals surface area contributed by atoms with Crippen molar-refractivity contribution in [1.82, 2.24) is 5.32 Å². The monoisotopic (exact) mass is 355 g/mol. The lowest BCUT2D eigenvalue weighted by atomic mass is 9.96. The van der Waals surface area contributed by atoms with Crippen molar-refractivity contribution >= 4 is 22.6 Å². The van der Waals surface area contributed by atoms with Crippen molar-refractivity contribution in [3.05, 3.63) is 48.0 Å². The highest BCUT2D eigenvalue weighted by Crippen LogP contribution is 2.27. The fraction of sp³-hybridized carbons (Fsp3) is 0.429. The molecule has 1 heterocycles. The number of carboxylic acid groups (broad SMARTS) is 1. The third kappa shape index (κ3) is 4.82. The van der Waals surface area contributed by atoms with Crippen LogP contribution in [0.25, 0.3) is 10.8 Å². The summed E-state index contributed by atoms with van der Waals surface area (Å²) >= 11 is 0. The minimum atomic E-state index is -0.932. The molecule has 1 unspecified atom stereocenters. The molecule has 138 valence electrons. The number of hydrogen-bond donors (Lipinski definition) is 2. The van der Waals surface area contributed by atoms with Crippen molar-refractivity contribution in [2.45, 2.75) is 50.7 Å². The number of carbonyl (C=O) groups excluding carboxylic acids is 1. The van der Waals surface area contributed by atoms with Crippen LogP contribution in [0.4, 0.5) is 0 Å². The summed E-state index contributed by atoms with van der Waals surface area (Å²) in [4.78, 5) is 23.8. The van der Waals surface area contributed by atoms with Crippen LogP contribution in [-0.2, 0) is 14.3 Å². The minimum absolute atomic E-state index is 0.127. The molecule has 5 heteroatoms. The Balaban J connectivity index is 1.71. The molecule has 0 spiro atoms. The smallest absolute Gasteiger partial charge is 0.305 e. The number of amides is 1. The van der Waals surface area contributed by atoms with Gasteiger partial charge in [-0.2, -0.15) is 0 Å². The Labute approximate surface area is 153 Å². The van der Waals surface area contributed by atoms with E-state index in [4.69, 9.17) is 4.74 Å². The molecule has 1 aliphatic rings. The molecule has 2 aromatic rings. The zero-order valence-electron chi connectivity index (χ0n) is 14.8. The topological polar surface area (TPSA) is 75.6 Å². The molecular formula is C21H25NO4. The van der Waals surface area contributed by atoms with E-state index in [1.165, 1.54) is 0 Å². The van der Waals surface area contributed by atoms with E-state index in [9.17, 15) is 14.7 Å². The Hall–Kier alpha value is -2.40. The second kappa shape index (κ2) is 8.81. The van der Waals surface area contributed by atoms with Crippen LogP contribution in [0.15, 0.2) is 42.5 Å². The molecule has 0 radical (unpaired) electrons. The van der Waals surface area contributed by atoms with Crippen molar-refractivity contribution < 1.29 is 19.4 Å². The van der Waals surface area contributed by atoms with E-state index in [1.807, 2.05) is 42.5 Å². The van der Waals surface area contributed by atoms with Gasteiger partial charge in [-0.05, 0) is 42.0 Å². The first-order valence-corrected chi connectivity index (χ1v) is 9.24. The highest BCUT2D eigenvalue weighted by Gasteiger charge is 2.21. The largest absolute Gasteiger partial charge is 0.481 e.